The van der Waals surface area contributed by atoms with Crippen LogP contribution in [0.2, 0.25) is 0 Å². The summed E-state index contributed by atoms with van der Waals surface area (Å²) in [7, 11) is 0. The first-order chi connectivity index (χ1) is 13.9. The van der Waals surface area contributed by atoms with Crippen molar-refractivity contribution in [3.63, 3.8) is 0 Å². The monoisotopic (exact) mass is 395 g/mol. The van der Waals surface area contributed by atoms with E-state index in [-0.39, 0.29) is 19.0 Å². The molecule has 1 aliphatic heterocycles. The molecular weight excluding hydrogens is 374 g/mol. The molecule has 8 nitrogen and oxygen atoms in total. The second kappa shape index (κ2) is 8.55. The maximum atomic E-state index is 12.9. The summed E-state index contributed by atoms with van der Waals surface area (Å²) >= 11 is 0. The zero-order valence-corrected chi connectivity index (χ0v) is 15.8. The molecule has 0 spiro atoms. The van der Waals surface area contributed by atoms with Gasteiger partial charge in [0.1, 0.15) is 12.1 Å². The van der Waals surface area contributed by atoms with Crippen molar-refractivity contribution < 1.29 is 24.3 Å². The van der Waals surface area contributed by atoms with Crippen LogP contribution in [0.3, 0.4) is 0 Å². The van der Waals surface area contributed by atoms with Gasteiger partial charge in [0.2, 0.25) is 11.8 Å². The topological polar surface area (TPSA) is 116 Å². The predicted octanol–water partition coefficient (Wildman–Crippen LogP) is 1.09. The lowest BCUT2D eigenvalue weighted by molar-refractivity contribution is -0.141. The van der Waals surface area contributed by atoms with Crippen LogP contribution >= 0.6 is 0 Å². The number of hydrogen-bond donors (Lipinski definition) is 3. The van der Waals surface area contributed by atoms with Gasteiger partial charge in [0.25, 0.3) is 5.91 Å². The van der Waals surface area contributed by atoms with Gasteiger partial charge < -0.3 is 20.6 Å². The highest BCUT2D eigenvalue weighted by Crippen LogP contribution is 2.34. The maximum absolute atomic E-state index is 12.9. The average molecular weight is 395 g/mol. The Balaban J connectivity index is 1.76. The van der Waals surface area contributed by atoms with Crippen molar-refractivity contribution in [2.24, 2.45) is 0 Å². The Morgan fingerprint density at radius 2 is 1.72 bits per heavy atom. The lowest BCUT2D eigenvalue weighted by atomic mass is 10.0. The van der Waals surface area contributed by atoms with Gasteiger partial charge in [-0.05, 0) is 24.1 Å². The van der Waals surface area contributed by atoms with E-state index in [0.717, 1.165) is 5.56 Å². The zero-order valence-electron chi connectivity index (χ0n) is 15.8. The van der Waals surface area contributed by atoms with E-state index in [1.807, 2.05) is 30.3 Å². The van der Waals surface area contributed by atoms with Gasteiger partial charge in [-0.2, -0.15) is 0 Å². The van der Waals surface area contributed by atoms with Crippen molar-refractivity contribution in [1.82, 2.24) is 15.5 Å². The Labute approximate surface area is 167 Å². The maximum Gasteiger partial charge on any atom is 0.325 e. The Hall–Kier alpha value is -3.68. The summed E-state index contributed by atoms with van der Waals surface area (Å²) in [6, 6.07) is 14.2. The number of fused-ring (bicyclic) bond motifs is 1. The van der Waals surface area contributed by atoms with Crippen LogP contribution in [0.1, 0.15) is 34.5 Å². The molecule has 2 aromatic carbocycles. The normalized spacial score (nSPS) is 16.1. The molecule has 2 atom stereocenters. The minimum Gasteiger partial charge on any atom is -0.480 e. The highest BCUT2D eigenvalue weighted by molar-refractivity contribution is 6.05. The van der Waals surface area contributed by atoms with Gasteiger partial charge in [0.15, 0.2) is 0 Å². The number of rotatable bonds is 7. The van der Waals surface area contributed by atoms with Crippen LogP contribution in [0.25, 0.3) is 0 Å². The van der Waals surface area contributed by atoms with Gasteiger partial charge in [0, 0.05) is 12.1 Å². The summed E-state index contributed by atoms with van der Waals surface area (Å²) in [5, 5.41) is 13.6. The number of carbonyl (C=O) groups excluding carboxylic acids is 3. The van der Waals surface area contributed by atoms with Crippen LogP contribution in [0.5, 0.6) is 0 Å². The SMILES string of the molecule is CC(NC(=O)CNC(=O)C1c2ccccc2C(=O)N1Cc1ccccc1)C(=O)O. The van der Waals surface area contributed by atoms with E-state index >= 15 is 0 Å². The third-order valence-electron chi connectivity index (χ3n) is 4.67. The van der Waals surface area contributed by atoms with Gasteiger partial charge in [-0.25, -0.2) is 0 Å². The Kier molecular flexibility index (Phi) is 5.92. The fraction of sp³-hybridized carbons (Fsp3) is 0.238. The van der Waals surface area contributed by atoms with E-state index in [0.29, 0.717) is 11.1 Å². The zero-order chi connectivity index (χ0) is 21.0. The number of nitrogens with zero attached hydrogens (tertiary/aromatic N) is 1. The average Bonchev–Trinajstić information content (AvgIpc) is 2.99. The summed E-state index contributed by atoms with van der Waals surface area (Å²) in [4.78, 5) is 49.9. The molecule has 3 rings (SSSR count). The van der Waals surface area contributed by atoms with Crippen molar-refractivity contribution in [3.05, 3.63) is 71.3 Å². The quantitative estimate of drug-likeness (QED) is 0.649. The van der Waals surface area contributed by atoms with Gasteiger partial charge in [-0.15, -0.1) is 0 Å². The lowest BCUT2D eigenvalue weighted by Crippen LogP contribution is -2.46. The van der Waals surface area contributed by atoms with Crippen LogP contribution in [0.4, 0.5) is 0 Å². The fourth-order valence-electron chi connectivity index (χ4n) is 3.21. The minimum absolute atomic E-state index is 0.245. The summed E-state index contributed by atoms with van der Waals surface area (Å²) in [6.45, 7) is 1.19. The lowest BCUT2D eigenvalue weighted by Gasteiger charge is -2.24. The smallest absolute Gasteiger partial charge is 0.325 e. The van der Waals surface area contributed by atoms with Gasteiger partial charge in [-0.1, -0.05) is 48.5 Å². The van der Waals surface area contributed by atoms with Crippen LogP contribution in [0.15, 0.2) is 54.6 Å². The number of nitrogens with one attached hydrogen (secondary N) is 2. The third kappa shape index (κ3) is 4.43. The largest absolute Gasteiger partial charge is 0.480 e. The van der Waals surface area contributed by atoms with Gasteiger partial charge >= 0.3 is 5.97 Å². The molecule has 0 aliphatic carbocycles. The Morgan fingerprint density at radius 3 is 2.41 bits per heavy atom. The molecule has 2 aromatic rings. The third-order valence-corrected chi connectivity index (χ3v) is 4.67. The molecule has 3 N–H and O–H groups in total. The van der Waals surface area contributed by atoms with E-state index < -0.39 is 29.9 Å². The number of carboxylic acid groups (broad SMARTS) is 1. The van der Waals surface area contributed by atoms with Crippen molar-refractivity contribution in [2.75, 3.05) is 6.54 Å². The van der Waals surface area contributed by atoms with Crippen molar-refractivity contribution in [3.8, 4) is 0 Å². The number of benzene rings is 2. The number of carbonyl (C=O) groups is 4. The summed E-state index contributed by atoms with van der Waals surface area (Å²) < 4.78 is 0. The molecule has 2 unspecified atom stereocenters. The number of hydrogen-bond acceptors (Lipinski definition) is 4. The molecule has 0 bridgehead atoms. The second-order valence-electron chi connectivity index (χ2n) is 6.75. The molecule has 1 heterocycles. The van der Waals surface area contributed by atoms with Gasteiger partial charge in [-0.3, -0.25) is 19.2 Å². The molecule has 0 saturated carbocycles. The molecule has 3 amide bonds. The molecule has 150 valence electrons. The first kappa shape index (κ1) is 20.1. The summed E-state index contributed by atoms with van der Waals surface area (Å²) in [5.41, 5.74) is 1.90. The number of aliphatic carboxylic acids is 1. The molecule has 29 heavy (non-hydrogen) atoms. The number of carboxylic acids is 1. The van der Waals surface area contributed by atoms with Crippen molar-refractivity contribution >= 4 is 23.7 Å². The van der Waals surface area contributed by atoms with Crippen LogP contribution < -0.4 is 10.6 Å². The van der Waals surface area contributed by atoms with Crippen LogP contribution in [-0.4, -0.2) is 46.3 Å². The van der Waals surface area contributed by atoms with Crippen LogP contribution in [-0.2, 0) is 20.9 Å². The first-order valence-corrected chi connectivity index (χ1v) is 9.12. The second-order valence-corrected chi connectivity index (χ2v) is 6.75. The highest BCUT2D eigenvalue weighted by atomic mass is 16.4. The van der Waals surface area contributed by atoms with E-state index in [4.69, 9.17) is 5.11 Å². The molecule has 1 aliphatic rings. The highest BCUT2D eigenvalue weighted by Gasteiger charge is 2.40. The van der Waals surface area contributed by atoms with E-state index in [1.165, 1.54) is 11.8 Å². The standard InChI is InChI=1S/C21H21N3O5/c1-13(21(28)29)23-17(25)11-22-19(26)18-15-9-5-6-10-16(15)20(27)24(18)12-14-7-3-2-4-8-14/h2-10,13,18H,11-12H2,1H3,(H,22,26)(H,23,25)(H,28,29). The molecule has 8 heteroatoms. The fourth-order valence-corrected chi connectivity index (χ4v) is 3.21. The first-order valence-electron chi connectivity index (χ1n) is 9.12. The Morgan fingerprint density at radius 1 is 1.07 bits per heavy atom. The molecule has 0 radical (unpaired) electrons. The molecule has 0 saturated heterocycles. The van der Waals surface area contributed by atoms with Crippen LogP contribution in [0, 0.1) is 0 Å². The van der Waals surface area contributed by atoms with E-state index in [9.17, 15) is 19.2 Å². The van der Waals surface area contributed by atoms with Gasteiger partial charge in [0.05, 0.1) is 6.54 Å². The van der Waals surface area contributed by atoms with E-state index in [1.54, 1.807) is 24.3 Å². The summed E-state index contributed by atoms with van der Waals surface area (Å²) in [6.07, 6.45) is 0. The molecule has 0 aromatic heterocycles. The Bertz CT molecular complexity index is 944. The van der Waals surface area contributed by atoms with Crippen molar-refractivity contribution in [2.45, 2.75) is 25.6 Å². The number of amides is 3. The predicted molar refractivity (Wildman–Crippen MR) is 104 cm³/mol. The van der Waals surface area contributed by atoms with E-state index in [2.05, 4.69) is 10.6 Å². The molecular formula is C21H21N3O5. The minimum atomic E-state index is -1.17. The van der Waals surface area contributed by atoms with Crippen molar-refractivity contribution in [1.29, 1.82) is 0 Å². The molecule has 0 fully saturated rings. The summed E-state index contributed by atoms with van der Waals surface area (Å²) in [5.74, 6) is -2.56.